The lowest BCUT2D eigenvalue weighted by Crippen LogP contribution is -2.28. The van der Waals surface area contributed by atoms with Crippen LogP contribution in [0.15, 0.2) is 52.1 Å². The summed E-state index contributed by atoms with van der Waals surface area (Å²) in [6.45, 7) is 2.10. The van der Waals surface area contributed by atoms with E-state index in [9.17, 15) is 9.18 Å². The summed E-state index contributed by atoms with van der Waals surface area (Å²) in [6.07, 6.45) is 0. The SMILES string of the molecule is CC(NC(=O)CSc1nnc(-c2ccc(F)cc2)o1)c1ccc2c(c1)OCO2. The van der Waals surface area contributed by atoms with Crippen LogP contribution in [-0.4, -0.2) is 28.7 Å². The van der Waals surface area contributed by atoms with E-state index in [1.54, 1.807) is 12.1 Å². The molecule has 3 aromatic rings. The standard InChI is InChI=1S/C19H16FN3O4S/c1-11(13-4-7-15-16(8-13)26-10-25-15)21-17(24)9-28-19-23-22-18(27-19)12-2-5-14(20)6-3-12/h2-8,11H,9-10H2,1H3,(H,21,24). The van der Waals surface area contributed by atoms with Crippen LogP contribution in [0, 0.1) is 5.82 Å². The van der Waals surface area contributed by atoms with Crippen LogP contribution in [0.4, 0.5) is 4.39 Å². The Kier molecular flexibility index (Phi) is 5.16. The Morgan fingerprint density at radius 3 is 2.79 bits per heavy atom. The molecule has 1 N–H and O–H groups in total. The molecule has 1 aliphatic rings. The molecule has 1 aliphatic heterocycles. The highest BCUT2D eigenvalue weighted by molar-refractivity contribution is 7.99. The molecule has 144 valence electrons. The van der Waals surface area contributed by atoms with Gasteiger partial charge in [-0.05, 0) is 48.9 Å². The number of rotatable bonds is 6. The number of benzene rings is 2. The van der Waals surface area contributed by atoms with Gasteiger partial charge in [0.1, 0.15) is 5.82 Å². The second kappa shape index (κ2) is 7.89. The van der Waals surface area contributed by atoms with Gasteiger partial charge < -0.3 is 19.2 Å². The lowest BCUT2D eigenvalue weighted by molar-refractivity contribution is -0.119. The molecular weight excluding hydrogens is 385 g/mol. The summed E-state index contributed by atoms with van der Waals surface area (Å²) in [5.41, 5.74) is 1.53. The molecule has 0 saturated heterocycles. The van der Waals surface area contributed by atoms with Gasteiger partial charge in [-0.25, -0.2) is 4.39 Å². The van der Waals surface area contributed by atoms with E-state index in [1.165, 1.54) is 12.1 Å². The van der Waals surface area contributed by atoms with E-state index < -0.39 is 0 Å². The Morgan fingerprint density at radius 2 is 1.96 bits per heavy atom. The molecule has 2 heterocycles. The van der Waals surface area contributed by atoms with Gasteiger partial charge in [-0.2, -0.15) is 0 Å². The Morgan fingerprint density at radius 1 is 1.18 bits per heavy atom. The van der Waals surface area contributed by atoms with Crippen LogP contribution in [0.2, 0.25) is 0 Å². The van der Waals surface area contributed by atoms with Gasteiger partial charge in [-0.3, -0.25) is 4.79 Å². The molecule has 1 atom stereocenters. The number of hydrogen-bond donors (Lipinski definition) is 1. The van der Waals surface area contributed by atoms with Crippen molar-refractivity contribution in [3.63, 3.8) is 0 Å². The highest BCUT2D eigenvalue weighted by Crippen LogP contribution is 2.34. The van der Waals surface area contributed by atoms with Gasteiger partial charge in [-0.1, -0.05) is 17.8 Å². The molecule has 9 heteroatoms. The predicted octanol–water partition coefficient (Wildman–Crippen LogP) is 3.57. The summed E-state index contributed by atoms with van der Waals surface area (Å²) >= 11 is 1.13. The third-order valence-corrected chi connectivity index (χ3v) is 4.92. The summed E-state index contributed by atoms with van der Waals surface area (Å²) in [5, 5.41) is 11.0. The third-order valence-electron chi connectivity index (χ3n) is 4.10. The van der Waals surface area contributed by atoms with E-state index in [2.05, 4.69) is 15.5 Å². The van der Waals surface area contributed by atoms with Crippen molar-refractivity contribution in [2.75, 3.05) is 12.5 Å². The summed E-state index contributed by atoms with van der Waals surface area (Å²) in [6, 6.07) is 11.1. The van der Waals surface area contributed by atoms with Gasteiger partial charge in [0.05, 0.1) is 11.8 Å². The number of aromatic nitrogens is 2. The van der Waals surface area contributed by atoms with Crippen molar-refractivity contribution in [3.8, 4) is 23.0 Å². The van der Waals surface area contributed by atoms with Gasteiger partial charge in [0.2, 0.25) is 18.6 Å². The van der Waals surface area contributed by atoms with Crippen molar-refractivity contribution in [1.29, 1.82) is 0 Å². The zero-order valence-corrected chi connectivity index (χ0v) is 15.7. The Bertz CT molecular complexity index is 993. The minimum absolute atomic E-state index is 0.125. The van der Waals surface area contributed by atoms with Crippen LogP contribution in [0.3, 0.4) is 0 Å². The lowest BCUT2D eigenvalue weighted by Gasteiger charge is -2.14. The molecule has 0 aliphatic carbocycles. The number of ether oxygens (including phenoxy) is 2. The number of nitrogens with zero attached hydrogens (tertiary/aromatic N) is 2. The maximum Gasteiger partial charge on any atom is 0.277 e. The number of hydrogen-bond acceptors (Lipinski definition) is 7. The minimum Gasteiger partial charge on any atom is -0.454 e. The zero-order valence-electron chi connectivity index (χ0n) is 14.8. The molecule has 0 saturated carbocycles. The van der Waals surface area contributed by atoms with Crippen LogP contribution in [0.5, 0.6) is 11.5 Å². The van der Waals surface area contributed by atoms with Gasteiger partial charge in [0.25, 0.3) is 5.22 Å². The third kappa shape index (κ3) is 4.09. The van der Waals surface area contributed by atoms with E-state index in [0.29, 0.717) is 17.1 Å². The fourth-order valence-electron chi connectivity index (χ4n) is 2.65. The molecule has 4 rings (SSSR count). The molecule has 0 bridgehead atoms. The van der Waals surface area contributed by atoms with E-state index in [4.69, 9.17) is 13.9 Å². The number of halogens is 1. The summed E-state index contributed by atoms with van der Waals surface area (Å²) in [7, 11) is 0. The highest BCUT2D eigenvalue weighted by atomic mass is 32.2. The number of carbonyl (C=O) groups excluding carboxylic acids is 1. The van der Waals surface area contributed by atoms with Crippen LogP contribution in [-0.2, 0) is 4.79 Å². The largest absolute Gasteiger partial charge is 0.454 e. The van der Waals surface area contributed by atoms with Gasteiger partial charge in [0, 0.05) is 5.56 Å². The van der Waals surface area contributed by atoms with Gasteiger partial charge >= 0.3 is 0 Å². The molecule has 2 aromatic carbocycles. The first-order chi connectivity index (χ1) is 13.6. The first-order valence-electron chi connectivity index (χ1n) is 8.49. The average molecular weight is 401 g/mol. The summed E-state index contributed by atoms with van der Waals surface area (Å²) in [5.74, 6) is 1.26. The number of amides is 1. The topological polar surface area (TPSA) is 86.5 Å². The molecule has 0 spiro atoms. The molecule has 0 fully saturated rings. The molecule has 1 unspecified atom stereocenters. The average Bonchev–Trinajstić information content (AvgIpc) is 3.35. The molecule has 1 amide bonds. The smallest absolute Gasteiger partial charge is 0.277 e. The lowest BCUT2D eigenvalue weighted by atomic mass is 10.1. The minimum atomic E-state index is -0.342. The second-order valence-corrected chi connectivity index (χ2v) is 7.00. The molecule has 0 radical (unpaired) electrons. The quantitative estimate of drug-likeness (QED) is 0.632. The summed E-state index contributed by atoms with van der Waals surface area (Å²) < 4.78 is 29.1. The predicted molar refractivity (Wildman–Crippen MR) is 99.5 cm³/mol. The zero-order chi connectivity index (χ0) is 19.5. The van der Waals surface area contributed by atoms with Crippen molar-refractivity contribution in [3.05, 3.63) is 53.8 Å². The maximum absolute atomic E-state index is 13.0. The number of nitrogens with one attached hydrogen (secondary N) is 1. The van der Waals surface area contributed by atoms with E-state index in [0.717, 1.165) is 17.3 Å². The van der Waals surface area contributed by atoms with Crippen LogP contribution in [0.1, 0.15) is 18.5 Å². The van der Waals surface area contributed by atoms with Crippen LogP contribution < -0.4 is 14.8 Å². The van der Waals surface area contributed by atoms with Crippen molar-refractivity contribution < 1.29 is 23.1 Å². The first kappa shape index (κ1) is 18.3. The monoisotopic (exact) mass is 401 g/mol. The summed E-state index contributed by atoms with van der Waals surface area (Å²) in [4.78, 5) is 12.2. The Labute approximate surface area is 164 Å². The van der Waals surface area contributed by atoms with Crippen molar-refractivity contribution >= 4 is 17.7 Å². The van der Waals surface area contributed by atoms with Gasteiger partial charge in [-0.15, -0.1) is 10.2 Å². The molecule has 1 aromatic heterocycles. The van der Waals surface area contributed by atoms with E-state index in [-0.39, 0.29) is 41.4 Å². The fourth-order valence-corrected chi connectivity index (χ4v) is 3.23. The highest BCUT2D eigenvalue weighted by Gasteiger charge is 2.17. The van der Waals surface area contributed by atoms with Gasteiger partial charge in [0.15, 0.2) is 11.5 Å². The number of fused-ring (bicyclic) bond motifs is 1. The molecule has 28 heavy (non-hydrogen) atoms. The molecule has 7 nitrogen and oxygen atoms in total. The molecular formula is C19H16FN3O4S. The van der Waals surface area contributed by atoms with E-state index in [1.807, 2.05) is 25.1 Å². The van der Waals surface area contributed by atoms with Crippen molar-refractivity contribution in [1.82, 2.24) is 15.5 Å². The van der Waals surface area contributed by atoms with Crippen molar-refractivity contribution in [2.45, 2.75) is 18.2 Å². The van der Waals surface area contributed by atoms with Crippen LogP contribution in [0.25, 0.3) is 11.5 Å². The normalized spacial score (nSPS) is 13.4. The first-order valence-corrected chi connectivity index (χ1v) is 9.48. The number of carbonyl (C=O) groups is 1. The van der Waals surface area contributed by atoms with Crippen LogP contribution >= 0.6 is 11.8 Å². The fraction of sp³-hybridized carbons (Fsp3) is 0.211. The maximum atomic E-state index is 13.0. The Balaban J connectivity index is 1.31. The van der Waals surface area contributed by atoms with E-state index >= 15 is 0 Å². The van der Waals surface area contributed by atoms with Crippen molar-refractivity contribution in [2.24, 2.45) is 0 Å². The number of thioether (sulfide) groups is 1. The Hall–Kier alpha value is -3.07. The second-order valence-electron chi connectivity index (χ2n) is 6.07.